The summed E-state index contributed by atoms with van der Waals surface area (Å²) in [6.07, 6.45) is 0. The summed E-state index contributed by atoms with van der Waals surface area (Å²) >= 11 is 1.33. The second kappa shape index (κ2) is 9.46. The molecular formula is C25H25N5O2S. The van der Waals surface area contributed by atoms with Crippen molar-refractivity contribution in [2.24, 2.45) is 0 Å². The zero-order chi connectivity index (χ0) is 23.5. The van der Waals surface area contributed by atoms with Crippen LogP contribution in [0.4, 0.5) is 5.69 Å². The van der Waals surface area contributed by atoms with Crippen LogP contribution in [0.1, 0.15) is 21.6 Å². The Balaban J connectivity index is 1.56. The lowest BCUT2D eigenvalue weighted by molar-refractivity contribution is -0.113. The van der Waals surface area contributed by atoms with E-state index in [1.807, 2.05) is 54.8 Å². The van der Waals surface area contributed by atoms with Crippen LogP contribution in [-0.4, -0.2) is 51.2 Å². The molecule has 0 saturated carbocycles. The summed E-state index contributed by atoms with van der Waals surface area (Å²) in [5, 5.41) is 8.17. The topological polar surface area (TPSA) is 79.6 Å². The highest BCUT2D eigenvalue weighted by Gasteiger charge is 2.18. The Morgan fingerprint density at radius 3 is 2.52 bits per heavy atom. The maximum atomic E-state index is 12.7. The van der Waals surface area contributed by atoms with Crippen LogP contribution < -0.4 is 5.32 Å². The minimum Gasteiger partial charge on any atom is -0.345 e. The second-order valence-electron chi connectivity index (χ2n) is 7.96. The Morgan fingerprint density at radius 2 is 1.79 bits per heavy atom. The summed E-state index contributed by atoms with van der Waals surface area (Å²) in [4.78, 5) is 31.2. The van der Waals surface area contributed by atoms with Crippen LogP contribution in [0.3, 0.4) is 0 Å². The maximum absolute atomic E-state index is 12.7. The number of amides is 2. The first-order chi connectivity index (χ1) is 15.8. The van der Waals surface area contributed by atoms with Crippen molar-refractivity contribution in [3.8, 4) is 11.3 Å². The summed E-state index contributed by atoms with van der Waals surface area (Å²) in [7, 11) is 3.39. The first-order valence-corrected chi connectivity index (χ1v) is 11.5. The van der Waals surface area contributed by atoms with Gasteiger partial charge in [-0.25, -0.2) is 9.50 Å². The fourth-order valence-corrected chi connectivity index (χ4v) is 4.36. The van der Waals surface area contributed by atoms with Crippen molar-refractivity contribution >= 4 is 34.8 Å². The number of anilines is 1. The van der Waals surface area contributed by atoms with Crippen molar-refractivity contribution in [1.82, 2.24) is 19.5 Å². The fraction of sp³-hybridized carbons (Fsp3) is 0.200. The third kappa shape index (κ3) is 4.90. The molecule has 0 spiro atoms. The van der Waals surface area contributed by atoms with Crippen LogP contribution in [0, 0.1) is 13.8 Å². The number of aromatic nitrogens is 3. The summed E-state index contributed by atoms with van der Waals surface area (Å²) in [5.74, 6) is -0.139. The largest absolute Gasteiger partial charge is 0.345 e. The number of aryl methyl sites for hydroxylation is 2. The highest BCUT2D eigenvalue weighted by molar-refractivity contribution is 7.99. The van der Waals surface area contributed by atoms with Gasteiger partial charge in [-0.3, -0.25) is 9.59 Å². The van der Waals surface area contributed by atoms with Gasteiger partial charge in [0.15, 0.2) is 5.16 Å². The van der Waals surface area contributed by atoms with Gasteiger partial charge in [-0.2, -0.15) is 5.10 Å². The molecule has 2 amide bonds. The lowest BCUT2D eigenvalue weighted by Gasteiger charge is -2.11. The standard InChI is InChI=1S/C25H25N5O2S/c1-16-13-17(2)28-30-23(16)22(18-9-6-5-7-10-18)27-25(30)33-15-21(31)26-20-12-8-11-19(14-20)24(32)29(3)4/h5-14H,15H2,1-4H3,(H,26,31). The molecule has 0 aliphatic carbocycles. The Hall–Kier alpha value is -3.65. The molecule has 4 rings (SSSR count). The highest BCUT2D eigenvalue weighted by atomic mass is 32.2. The number of hydrogen-bond acceptors (Lipinski definition) is 5. The highest BCUT2D eigenvalue weighted by Crippen LogP contribution is 2.30. The number of nitrogens with one attached hydrogen (secondary N) is 1. The van der Waals surface area contributed by atoms with E-state index in [1.54, 1.807) is 38.4 Å². The summed E-state index contributed by atoms with van der Waals surface area (Å²) in [6, 6.07) is 18.9. The lowest BCUT2D eigenvalue weighted by Crippen LogP contribution is -2.22. The molecule has 8 heteroatoms. The molecule has 0 radical (unpaired) electrons. The van der Waals surface area contributed by atoms with Gasteiger partial charge >= 0.3 is 0 Å². The zero-order valence-corrected chi connectivity index (χ0v) is 19.8. The lowest BCUT2D eigenvalue weighted by atomic mass is 10.1. The van der Waals surface area contributed by atoms with E-state index in [1.165, 1.54) is 16.7 Å². The van der Waals surface area contributed by atoms with E-state index in [0.29, 0.717) is 16.4 Å². The summed E-state index contributed by atoms with van der Waals surface area (Å²) in [5.41, 5.74) is 5.84. The monoisotopic (exact) mass is 459 g/mol. The van der Waals surface area contributed by atoms with E-state index < -0.39 is 0 Å². The van der Waals surface area contributed by atoms with Crippen molar-refractivity contribution in [2.75, 3.05) is 25.2 Å². The van der Waals surface area contributed by atoms with Crippen LogP contribution >= 0.6 is 11.8 Å². The van der Waals surface area contributed by atoms with E-state index in [0.717, 1.165) is 28.0 Å². The molecule has 2 heterocycles. The first kappa shape index (κ1) is 22.5. The average molecular weight is 460 g/mol. The fourth-order valence-electron chi connectivity index (χ4n) is 3.61. The van der Waals surface area contributed by atoms with Crippen LogP contribution in [0.25, 0.3) is 16.8 Å². The predicted molar refractivity (Wildman–Crippen MR) is 132 cm³/mol. The number of fused-ring (bicyclic) bond motifs is 1. The van der Waals surface area contributed by atoms with Gasteiger partial charge in [0.25, 0.3) is 5.91 Å². The molecule has 2 aromatic heterocycles. The minimum atomic E-state index is -0.183. The molecule has 0 unspecified atom stereocenters. The van der Waals surface area contributed by atoms with Gasteiger partial charge in [-0.15, -0.1) is 0 Å². The maximum Gasteiger partial charge on any atom is 0.253 e. The van der Waals surface area contributed by atoms with Crippen molar-refractivity contribution in [2.45, 2.75) is 19.0 Å². The molecule has 0 fully saturated rings. The molecule has 4 aromatic rings. The van der Waals surface area contributed by atoms with E-state index in [-0.39, 0.29) is 17.6 Å². The van der Waals surface area contributed by atoms with Gasteiger partial charge in [0.2, 0.25) is 5.91 Å². The van der Waals surface area contributed by atoms with E-state index in [2.05, 4.69) is 10.4 Å². The predicted octanol–water partition coefficient (Wildman–Crippen LogP) is 4.45. The summed E-state index contributed by atoms with van der Waals surface area (Å²) in [6.45, 7) is 3.99. The molecule has 0 aliphatic heterocycles. The van der Waals surface area contributed by atoms with E-state index in [4.69, 9.17) is 4.98 Å². The van der Waals surface area contributed by atoms with Crippen molar-refractivity contribution in [1.29, 1.82) is 0 Å². The molecule has 0 saturated heterocycles. The van der Waals surface area contributed by atoms with E-state index in [9.17, 15) is 9.59 Å². The van der Waals surface area contributed by atoms with Gasteiger partial charge in [0.1, 0.15) is 0 Å². The average Bonchev–Trinajstić information content (AvgIpc) is 3.16. The third-order valence-electron chi connectivity index (χ3n) is 5.06. The smallest absolute Gasteiger partial charge is 0.253 e. The van der Waals surface area contributed by atoms with Crippen molar-refractivity contribution in [3.05, 3.63) is 77.5 Å². The van der Waals surface area contributed by atoms with E-state index >= 15 is 0 Å². The van der Waals surface area contributed by atoms with Crippen LogP contribution in [0.5, 0.6) is 0 Å². The zero-order valence-electron chi connectivity index (χ0n) is 19.0. The SMILES string of the molecule is Cc1cc(C)c2c(-c3ccccc3)nc(SCC(=O)Nc3cccc(C(=O)N(C)C)c3)n2n1. The molecule has 7 nitrogen and oxygen atoms in total. The number of nitrogens with zero attached hydrogens (tertiary/aromatic N) is 4. The molecule has 1 N–H and O–H groups in total. The first-order valence-electron chi connectivity index (χ1n) is 10.5. The van der Waals surface area contributed by atoms with Gasteiger partial charge in [0, 0.05) is 30.9 Å². The number of rotatable bonds is 6. The molecule has 33 heavy (non-hydrogen) atoms. The van der Waals surface area contributed by atoms with Crippen LogP contribution in [0.15, 0.2) is 65.8 Å². The van der Waals surface area contributed by atoms with Crippen LogP contribution in [0.2, 0.25) is 0 Å². The number of imidazole rings is 1. The Bertz CT molecular complexity index is 1330. The van der Waals surface area contributed by atoms with Crippen molar-refractivity contribution in [3.63, 3.8) is 0 Å². The Kier molecular flexibility index (Phi) is 6.46. The number of thioether (sulfide) groups is 1. The molecule has 2 aromatic carbocycles. The molecule has 0 aliphatic rings. The summed E-state index contributed by atoms with van der Waals surface area (Å²) < 4.78 is 1.82. The van der Waals surface area contributed by atoms with Crippen molar-refractivity contribution < 1.29 is 9.59 Å². The number of benzene rings is 2. The Morgan fingerprint density at radius 1 is 1.03 bits per heavy atom. The number of carbonyl (C=O) groups excluding carboxylic acids is 2. The second-order valence-corrected chi connectivity index (χ2v) is 8.90. The number of carbonyl (C=O) groups is 2. The minimum absolute atomic E-state index is 0.116. The molecule has 0 bridgehead atoms. The van der Waals surface area contributed by atoms with Gasteiger partial charge in [-0.1, -0.05) is 48.2 Å². The molecular weight excluding hydrogens is 434 g/mol. The quantitative estimate of drug-likeness (QED) is 0.431. The van der Waals surface area contributed by atoms with Gasteiger partial charge in [-0.05, 0) is 43.7 Å². The number of hydrogen-bond donors (Lipinski definition) is 1. The normalized spacial score (nSPS) is 10.9. The molecule has 0 atom stereocenters. The third-order valence-corrected chi connectivity index (χ3v) is 5.99. The van der Waals surface area contributed by atoms with Crippen LogP contribution in [-0.2, 0) is 4.79 Å². The van der Waals surface area contributed by atoms with Gasteiger partial charge in [0.05, 0.1) is 22.7 Å². The molecule has 168 valence electrons. The van der Waals surface area contributed by atoms with Gasteiger partial charge < -0.3 is 10.2 Å². The Labute approximate surface area is 196 Å².